The number of alkyl halides is 1. The zero-order chi connectivity index (χ0) is 17.7. The fraction of sp³-hybridized carbons (Fsp3) is 0.250. The van der Waals surface area contributed by atoms with Crippen LogP contribution in [-0.4, -0.2) is 30.2 Å². The van der Waals surface area contributed by atoms with Gasteiger partial charge in [-0.3, -0.25) is 10.1 Å². The van der Waals surface area contributed by atoms with E-state index in [0.717, 1.165) is 10.5 Å². The van der Waals surface area contributed by atoms with Crippen LogP contribution in [0.5, 0.6) is 0 Å². The monoisotopic (exact) mass is 385 g/mol. The lowest BCUT2D eigenvalue weighted by atomic mass is 10.2. The van der Waals surface area contributed by atoms with Gasteiger partial charge in [-0.25, -0.2) is 8.42 Å². The van der Waals surface area contributed by atoms with Crippen LogP contribution in [0.25, 0.3) is 0 Å². The molecule has 0 aliphatic rings. The van der Waals surface area contributed by atoms with Gasteiger partial charge in [-0.05, 0) is 31.2 Å². The number of thioether (sulfide) groups is 1. The van der Waals surface area contributed by atoms with Gasteiger partial charge in [-0.1, -0.05) is 17.7 Å². The van der Waals surface area contributed by atoms with Crippen molar-refractivity contribution in [2.75, 3.05) is 11.5 Å². The van der Waals surface area contributed by atoms with Crippen LogP contribution < -0.4 is 0 Å². The SMILES string of the molecule is Cc1ccc(S(=O)(=O)CC(Cl)CSc2ccc([N+](=O)[O-])cc2)cc1. The summed E-state index contributed by atoms with van der Waals surface area (Å²) in [6, 6.07) is 12.7. The first-order chi connectivity index (χ1) is 11.3. The van der Waals surface area contributed by atoms with E-state index in [9.17, 15) is 18.5 Å². The Morgan fingerprint density at radius 2 is 1.71 bits per heavy atom. The van der Waals surface area contributed by atoms with Gasteiger partial charge in [0.2, 0.25) is 0 Å². The predicted molar refractivity (Wildman–Crippen MR) is 96.7 cm³/mol. The molecule has 0 fully saturated rings. The average Bonchev–Trinajstić information content (AvgIpc) is 2.53. The van der Waals surface area contributed by atoms with Crippen LogP contribution in [-0.2, 0) is 9.84 Å². The molecule has 0 aliphatic carbocycles. The highest BCUT2D eigenvalue weighted by atomic mass is 35.5. The number of aryl methyl sites for hydroxylation is 1. The first-order valence-corrected chi connectivity index (χ1v) is 10.2. The molecule has 24 heavy (non-hydrogen) atoms. The van der Waals surface area contributed by atoms with Crippen LogP contribution in [0, 0.1) is 17.0 Å². The van der Waals surface area contributed by atoms with Crippen LogP contribution in [0.4, 0.5) is 5.69 Å². The Hall–Kier alpha value is -1.57. The Morgan fingerprint density at radius 3 is 2.25 bits per heavy atom. The zero-order valence-electron chi connectivity index (χ0n) is 12.9. The summed E-state index contributed by atoms with van der Waals surface area (Å²) < 4.78 is 24.6. The topological polar surface area (TPSA) is 77.3 Å². The van der Waals surface area contributed by atoms with Gasteiger partial charge in [-0.2, -0.15) is 0 Å². The first kappa shape index (κ1) is 18.8. The second-order valence-corrected chi connectivity index (χ2v) is 9.00. The number of nitro groups is 1. The second kappa shape index (κ2) is 8.00. The van der Waals surface area contributed by atoms with E-state index in [1.165, 1.54) is 23.9 Å². The molecule has 8 heteroatoms. The molecule has 128 valence electrons. The van der Waals surface area contributed by atoms with Crippen molar-refractivity contribution in [2.45, 2.75) is 22.1 Å². The number of rotatable bonds is 7. The average molecular weight is 386 g/mol. The van der Waals surface area contributed by atoms with Crippen LogP contribution in [0.3, 0.4) is 0 Å². The van der Waals surface area contributed by atoms with Gasteiger partial charge in [0.05, 0.1) is 20.9 Å². The van der Waals surface area contributed by atoms with Crippen molar-refractivity contribution in [2.24, 2.45) is 0 Å². The van der Waals surface area contributed by atoms with Gasteiger partial charge >= 0.3 is 0 Å². The molecule has 2 aromatic carbocycles. The van der Waals surface area contributed by atoms with E-state index in [2.05, 4.69) is 0 Å². The van der Waals surface area contributed by atoms with E-state index in [-0.39, 0.29) is 16.3 Å². The highest BCUT2D eigenvalue weighted by molar-refractivity contribution is 7.99. The highest BCUT2D eigenvalue weighted by Crippen LogP contribution is 2.24. The van der Waals surface area contributed by atoms with Crippen LogP contribution >= 0.6 is 23.4 Å². The predicted octanol–water partition coefficient (Wildman–Crippen LogP) is 4.08. The number of hydrogen-bond donors (Lipinski definition) is 0. The maximum Gasteiger partial charge on any atom is 0.269 e. The van der Waals surface area contributed by atoms with E-state index in [1.54, 1.807) is 36.4 Å². The van der Waals surface area contributed by atoms with Gasteiger partial charge in [-0.15, -0.1) is 23.4 Å². The van der Waals surface area contributed by atoms with Crippen LogP contribution in [0.1, 0.15) is 5.56 Å². The minimum Gasteiger partial charge on any atom is -0.258 e. The Balaban J connectivity index is 1.93. The van der Waals surface area contributed by atoms with Gasteiger partial charge < -0.3 is 0 Å². The smallest absolute Gasteiger partial charge is 0.258 e. The Bertz CT molecular complexity index is 805. The van der Waals surface area contributed by atoms with E-state index in [4.69, 9.17) is 11.6 Å². The van der Waals surface area contributed by atoms with Crippen molar-refractivity contribution < 1.29 is 13.3 Å². The summed E-state index contributed by atoms with van der Waals surface area (Å²) in [7, 11) is -3.43. The van der Waals surface area contributed by atoms with Crippen molar-refractivity contribution in [1.82, 2.24) is 0 Å². The van der Waals surface area contributed by atoms with Gasteiger partial charge in [0.1, 0.15) is 0 Å². The zero-order valence-corrected chi connectivity index (χ0v) is 15.3. The Labute approximate surface area is 150 Å². The first-order valence-electron chi connectivity index (χ1n) is 7.09. The standard InChI is InChI=1S/C16H16ClNO4S2/c1-12-2-8-16(9-3-12)24(21,22)11-13(17)10-23-15-6-4-14(5-7-15)18(19)20/h2-9,13H,10-11H2,1H3. The van der Waals surface area contributed by atoms with E-state index in [0.29, 0.717) is 5.75 Å². The number of non-ortho nitro benzene ring substituents is 1. The summed E-state index contributed by atoms with van der Waals surface area (Å²) >= 11 is 7.54. The van der Waals surface area contributed by atoms with Crippen molar-refractivity contribution in [3.63, 3.8) is 0 Å². The summed E-state index contributed by atoms with van der Waals surface area (Å²) in [5.74, 6) is 0.238. The molecule has 0 bridgehead atoms. The van der Waals surface area contributed by atoms with E-state index < -0.39 is 20.1 Å². The van der Waals surface area contributed by atoms with Gasteiger partial charge in [0.15, 0.2) is 9.84 Å². The molecule has 0 heterocycles. The minimum atomic E-state index is -3.43. The molecule has 0 radical (unpaired) electrons. The molecular weight excluding hydrogens is 370 g/mol. The van der Waals surface area contributed by atoms with Crippen LogP contribution in [0.15, 0.2) is 58.3 Å². The summed E-state index contributed by atoms with van der Waals surface area (Å²) in [6.45, 7) is 1.89. The fourth-order valence-corrected chi connectivity index (χ4v) is 4.97. The quantitative estimate of drug-likeness (QED) is 0.310. The molecule has 0 saturated carbocycles. The molecule has 0 spiro atoms. The third-order valence-corrected chi connectivity index (χ3v) is 6.94. The molecule has 1 atom stereocenters. The lowest BCUT2D eigenvalue weighted by molar-refractivity contribution is -0.384. The van der Waals surface area contributed by atoms with E-state index in [1.807, 2.05) is 6.92 Å². The number of hydrogen-bond acceptors (Lipinski definition) is 5. The van der Waals surface area contributed by atoms with Gasteiger partial charge in [0, 0.05) is 22.8 Å². The van der Waals surface area contributed by atoms with Crippen molar-refractivity contribution in [3.8, 4) is 0 Å². The maximum atomic E-state index is 12.3. The molecule has 0 saturated heterocycles. The molecular formula is C16H16ClNO4S2. The maximum absolute atomic E-state index is 12.3. The number of sulfone groups is 1. The summed E-state index contributed by atoms with van der Waals surface area (Å²) in [6.07, 6.45) is 0. The summed E-state index contributed by atoms with van der Waals surface area (Å²) in [4.78, 5) is 11.2. The molecule has 2 rings (SSSR count). The second-order valence-electron chi connectivity index (χ2n) is 5.25. The highest BCUT2D eigenvalue weighted by Gasteiger charge is 2.20. The third kappa shape index (κ3) is 5.22. The normalized spacial score (nSPS) is 12.8. The van der Waals surface area contributed by atoms with Crippen molar-refractivity contribution >= 4 is 38.9 Å². The van der Waals surface area contributed by atoms with Crippen LogP contribution in [0.2, 0.25) is 0 Å². The summed E-state index contributed by atoms with van der Waals surface area (Å²) in [5, 5.41) is 10.0. The van der Waals surface area contributed by atoms with Crippen molar-refractivity contribution in [1.29, 1.82) is 0 Å². The molecule has 0 aromatic heterocycles. The third-order valence-electron chi connectivity index (χ3n) is 3.26. The number of nitrogens with zero attached hydrogens (tertiary/aromatic N) is 1. The molecule has 5 nitrogen and oxygen atoms in total. The lowest BCUT2D eigenvalue weighted by Crippen LogP contribution is -2.18. The van der Waals surface area contributed by atoms with Gasteiger partial charge in [0.25, 0.3) is 5.69 Å². The van der Waals surface area contributed by atoms with E-state index >= 15 is 0 Å². The number of halogens is 1. The molecule has 2 aromatic rings. The lowest BCUT2D eigenvalue weighted by Gasteiger charge is -2.10. The minimum absolute atomic E-state index is 0.0173. The molecule has 1 unspecified atom stereocenters. The van der Waals surface area contributed by atoms with Crippen molar-refractivity contribution in [3.05, 3.63) is 64.2 Å². The largest absolute Gasteiger partial charge is 0.269 e. The number of nitro benzene ring substituents is 1. The Kier molecular flexibility index (Phi) is 6.26. The fourth-order valence-electron chi connectivity index (χ4n) is 1.98. The summed E-state index contributed by atoms with van der Waals surface area (Å²) in [5.41, 5.74) is 1.01. The molecule has 0 N–H and O–H groups in total. The Morgan fingerprint density at radius 1 is 1.12 bits per heavy atom. The number of benzene rings is 2. The molecule has 0 amide bonds. The molecule has 0 aliphatic heterocycles.